The van der Waals surface area contributed by atoms with Gasteiger partial charge in [-0.2, -0.15) is 0 Å². The second kappa shape index (κ2) is 7.82. The molecule has 2 saturated carbocycles. The van der Waals surface area contributed by atoms with Crippen LogP contribution in [0.25, 0.3) is 0 Å². The summed E-state index contributed by atoms with van der Waals surface area (Å²) in [5.41, 5.74) is 0. The fourth-order valence-corrected chi connectivity index (χ4v) is 4.60. The van der Waals surface area contributed by atoms with E-state index in [0.29, 0.717) is 0 Å². The molecule has 20 heavy (non-hydrogen) atoms. The van der Waals surface area contributed by atoms with Crippen molar-refractivity contribution in [2.75, 3.05) is 6.54 Å². The van der Waals surface area contributed by atoms with Crippen LogP contribution in [-0.2, 0) is 0 Å². The zero-order valence-corrected chi connectivity index (χ0v) is 14.3. The molecule has 0 amide bonds. The van der Waals surface area contributed by atoms with Crippen LogP contribution in [0.5, 0.6) is 0 Å². The van der Waals surface area contributed by atoms with Crippen LogP contribution in [0.15, 0.2) is 0 Å². The molecule has 1 nitrogen and oxygen atoms in total. The monoisotopic (exact) mass is 279 g/mol. The van der Waals surface area contributed by atoms with Gasteiger partial charge in [0.1, 0.15) is 0 Å². The maximum Gasteiger partial charge on any atom is 0.0100 e. The van der Waals surface area contributed by atoms with Crippen molar-refractivity contribution in [3.05, 3.63) is 0 Å². The largest absolute Gasteiger partial charge is 0.313 e. The average molecular weight is 280 g/mol. The molecule has 1 heteroatoms. The second-order valence-corrected chi connectivity index (χ2v) is 8.14. The molecule has 2 aliphatic rings. The van der Waals surface area contributed by atoms with E-state index in [1.807, 2.05) is 0 Å². The Morgan fingerprint density at radius 3 is 2.20 bits per heavy atom. The summed E-state index contributed by atoms with van der Waals surface area (Å²) in [6.07, 6.45) is 11.6. The molecule has 0 aliphatic heterocycles. The predicted octanol–water partition coefficient (Wildman–Crippen LogP) is 5.25. The first-order valence-electron chi connectivity index (χ1n) is 9.33. The Labute approximate surface area is 127 Å². The van der Waals surface area contributed by atoms with Crippen LogP contribution in [0.3, 0.4) is 0 Å². The number of nitrogens with one attached hydrogen (secondary N) is 1. The highest BCUT2D eigenvalue weighted by atomic mass is 14.9. The number of rotatable bonds is 5. The van der Waals surface area contributed by atoms with E-state index < -0.39 is 0 Å². The van der Waals surface area contributed by atoms with Crippen LogP contribution < -0.4 is 5.32 Å². The summed E-state index contributed by atoms with van der Waals surface area (Å²) in [5, 5.41) is 3.99. The van der Waals surface area contributed by atoms with Crippen LogP contribution in [-0.4, -0.2) is 12.6 Å². The molecule has 0 aromatic rings. The molecule has 0 radical (unpaired) electrons. The third-order valence-corrected chi connectivity index (χ3v) is 6.23. The maximum absolute atomic E-state index is 3.99. The Morgan fingerprint density at radius 1 is 0.950 bits per heavy atom. The van der Waals surface area contributed by atoms with Gasteiger partial charge in [0, 0.05) is 6.04 Å². The van der Waals surface area contributed by atoms with Gasteiger partial charge in [0.2, 0.25) is 0 Å². The summed E-state index contributed by atoms with van der Waals surface area (Å²) in [5.74, 6) is 4.68. The molecule has 0 aromatic heterocycles. The summed E-state index contributed by atoms with van der Waals surface area (Å²) in [4.78, 5) is 0. The topological polar surface area (TPSA) is 12.0 Å². The fourth-order valence-electron chi connectivity index (χ4n) is 4.60. The van der Waals surface area contributed by atoms with Gasteiger partial charge in [-0.3, -0.25) is 0 Å². The Hall–Kier alpha value is -0.0400. The minimum Gasteiger partial charge on any atom is -0.313 e. The molecule has 118 valence electrons. The van der Waals surface area contributed by atoms with Crippen molar-refractivity contribution in [3.63, 3.8) is 0 Å². The van der Waals surface area contributed by atoms with Gasteiger partial charge < -0.3 is 5.32 Å². The van der Waals surface area contributed by atoms with E-state index in [2.05, 4.69) is 33.0 Å². The highest BCUT2D eigenvalue weighted by Gasteiger charge is 2.31. The van der Waals surface area contributed by atoms with Gasteiger partial charge in [0.05, 0.1) is 0 Å². The summed E-state index contributed by atoms with van der Waals surface area (Å²) in [6, 6.07) is 0.794. The van der Waals surface area contributed by atoms with Gasteiger partial charge in [0.25, 0.3) is 0 Å². The first kappa shape index (κ1) is 16.3. The van der Waals surface area contributed by atoms with Crippen molar-refractivity contribution >= 4 is 0 Å². The first-order chi connectivity index (χ1) is 9.60. The van der Waals surface area contributed by atoms with Crippen molar-refractivity contribution in [1.82, 2.24) is 5.32 Å². The molecule has 2 fully saturated rings. The molecule has 0 spiro atoms. The Morgan fingerprint density at radius 2 is 1.60 bits per heavy atom. The Bertz CT molecular complexity index is 265. The fraction of sp³-hybridized carbons (Fsp3) is 1.00. The normalized spacial score (nSPS) is 39.1. The van der Waals surface area contributed by atoms with Crippen LogP contribution in [0.2, 0.25) is 0 Å². The van der Waals surface area contributed by atoms with Gasteiger partial charge in [-0.25, -0.2) is 0 Å². The van der Waals surface area contributed by atoms with Gasteiger partial charge in [-0.1, -0.05) is 53.4 Å². The number of hydrogen-bond donors (Lipinski definition) is 1. The average Bonchev–Trinajstić information content (AvgIpc) is 2.45. The minimum absolute atomic E-state index is 0.794. The van der Waals surface area contributed by atoms with Gasteiger partial charge in [-0.05, 0) is 61.8 Å². The second-order valence-electron chi connectivity index (χ2n) is 8.14. The highest BCUT2D eigenvalue weighted by Crippen LogP contribution is 2.34. The zero-order valence-electron chi connectivity index (χ0n) is 14.3. The minimum atomic E-state index is 0.794. The maximum atomic E-state index is 3.99. The van der Waals surface area contributed by atoms with Gasteiger partial charge in [0.15, 0.2) is 0 Å². The quantitative estimate of drug-likeness (QED) is 0.724. The third-order valence-electron chi connectivity index (χ3n) is 6.23. The molecule has 0 bridgehead atoms. The van der Waals surface area contributed by atoms with Crippen LogP contribution in [0, 0.1) is 29.6 Å². The lowest BCUT2D eigenvalue weighted by Gasteiger charge is -2.39. The van der Waals surface area contributed by atoms with Crippen molar-refractivity contribution in [2.45, 2.75) is 85.1 Å². The van der Waals surface area contributed by atoms with E-state index in [1.165, 1.54) is 57.9 Å². The van der Waals surface area contributed by atoms with Gasteiger partial charge >= 0.3 is 0 Å². The standard InChI is InChI=1S/C19H37N/c1-5-16-7-9-17(10-8-16)13-20-19-12-15(4)6-11-18(19)14(2)3/h14-20H,5-13H2,1-4H3. The molecule has 2 rings (SSSR count). The van der Waals surface area contributed by atoms with E-state index in [4.69, 9.17) is 0 Å². The molecule has 0 aromatic carbocycles. The number of hydrogen-bond acceptors (Lipinski definition) is 1. The van der Waals surface area contributed by atoms with Crippen molar-refractivity contribution < 1.29 is 0 Å². The Balaban J connectivity index is 1.76. The lowest BCUT2D eigenvalue weighted by molar-refractivity contribution is 0.158. The highest BCUT2D eigenvalue weighted by molar-refractivity contribution is 4.86. The van der Waals surface area contributed by atoms with Crippen LogP contribution in [0.4, 0.5) is 0 Å². The molecule has 1 N–H and O–H groups in total. The van der Waals surface area contributed by atoms with E-state index in [9.17, 15) is 0 Å². The molecule has 3 unspecified atom stereocenters. The lowest BCUT2D eigenvalue weighted by atomic mass is 9.73. The summed E-state index contributed by atoms with van der Waals surface area (Å²) >= 11 is 0. The van der Waals surface area contributed by atoms with Crippen LogP contribution >= 0.6 is 0 Å². The van der Waals surface area contributed by atoms with E-state index in [1.54, 1.807) is 0 Å². The van der Waals surface area contributed by atoms with Crippen molar-refractivity contribution in [1.29, 1.82) is 0 Å². The molecular weight excluding hydrogens is 242 g/mol. The summed E-state index contributed by atoms with van der Waals surface area (Å²) in [7, 11) is 0. The zero-order chi connectivity index (χ0) is 14.5. The summed E-state index contributed by atoms with van der Waals surface area (Å²) in [6.45, 7) is 10.9. The molecule has 2 aliphatic carbocycles. The van der Waals surface area contributed by atoms with E-state index in [-0.39, 0.29) is 0 Å². The summed E-state index contributed by atoms with van der Waals surface area (Å²) < 4.78 is 0. The van der Waals surface area contributed by atoms with Crippen molar-refractivity contribution in [2.24, 2.45) is 29.6 Å². The third kappa shape index (κ3) is 4.48. The van der Waals surface area contributed by atoms with Crippen molar-refractivity contribution in [3.8, 4) is 0 Å². The first-order valence-corrected chi connectivity index (χ1v) is 9.33. The smallest absolute Gasteiger partial charge is 0.0100 e. The van der Waals surface area contributed by atoms with Gasteiger partial charge in [-0.15, -0.1) is 0 Å². The molecule has 0 saturated heterocycles. The van der Waals surface area contributed by atoms with E-state index in [0.717, 1.165) is 35.6 Å². The molecule has 3 atom stereocenters. The predicted molar refractivity (Wildman–Crippen MR) is 88.9 cm³/mol. The SMILES string of the molecule is CCC1CCC(CNC2CC(C)CCC2C(C)C)CC1. The molecular formula is C19H37N. The Kier molecular flexibility index (Phi) is 6.39. The van der Waals surface area contributed by atoms with E-state index >= 15 is 0 Å². The van der Waals surface area contributed by atoms with Crippen LogP contribution in [0.1, 0.15) is 79.1 Å². The lowest BCUT2D eigenvalue weighted by Crippen LogP contribution is -2.44. The molecule has 0 heterocycles.